The van der Waals surface area contributed by atoms with Crippen molar-refractivity contribution in [1.29, 1.82) is 0 Å². The Hall–Kier alpha value is -1.21. The minimum absolute atomic E-state index is 0.00889. The number of hydrogen-bond acceptors (Lipinski definition) is 3. The van der Waals surface area contributed by atoms with Crippen LogP contribution >= 0.6 is 28.1 Å². The molecule has 74 valence electrons. The summed E-state index contributed by atoms with van der Waals surface area (Å²) in [5.74, 6) is -0.412. The van der Waals surface area contributed by atoms with Crippen LogP contribution in [0.3, 0.4) is 0 Å². The van der Waals surface area contributed by atoms with Gasteiger partial charge in [-0.05, 0) is 40.3 Å². The molecule has 1 aromatic heterocycles. The SMILES string of the molecule is NC(=S)NNC(=O)c1ncccc1Br. The van der Waals surface area contributed by atoms with Crippen molar-refractivity contribution in [3.8, 4) is 0 Å². The normalized spacial score (nSPS) is 9.21. The third kappa shape index (κ3) is 2.93. The van der Waals surface area contributed by atoms with Gasteiger partial charge in [0, 0.05) is 10.7 Å². The monoisotopic (exact) mass is 274 g/mol. The van der Waals surface area contributed by atoms with Gasteiger partial charge in [0.05, 0.1) is 0 Å². The fourth-order valence-electron chi connectivity index (χ4n) is 0.730. The lowest BCUT2D eigenvalue weighted by molar-refractivity contribution is 0.0938. The number of carbonyl (C=O) groups is 1. The van der Waals surface area contributed by atoms with Crippen LogP contribution in [-0.2, 0) is 0 Å². The van der Waals surface area contributed by atoms with Crippen LogP contribution in [0.15, 0.2) is 22.8 Å². The largest absolute Gasteiger partial charge is 0.375 e. The molecule has 0 radical (unpaired) electrons. The molecule has 0 fully saturated rings. The first-order valence-corrected chi connectivity index (χ1v) is 4.77. The number of hydrazine groups is 1. The van der Waals surface area contributed by atoms with E-state index in [1.165, 1.54) is 6.20 Å². The van der Waals surface area contributed by atoms with Crippen LogP contribution < -0.4 is 16.6 Å². The predicted molar refractivity (Wildman–Crippen MR) is 59.3 cm³/mol. The molecule has 14 heavy (non-hydrogen) atoms. The standard InChI is InChI=1S/C7H7BrN4OS/c8-4-2-1-3-10-5(4)6(13)11-12-7(9)14/h1-3H,(H,11,13)(H3,9,12,14). The summed E-state index contributed by atoms with van der Waals surface area (Å²) in [6, 6.07) is 3.42. The van der Waals surface area contributed by atoms with Crippen molar-refractivity contribution < 1.29 is 4.79 Å². The summed E-state index contributed by atoms with van der Waals surface area (Å²) in [5, 5.41) is -0.00889. The summed E-state index contributed by atoms with van der Waals surface area (Å²) in [6.45, 7) is 0. The minimum Gasteiger partial charge on any atom is -0.375 e. The summed E-state index contributed by atoms with van der Waals surface area (Å²) in [7, 11) is 0. The van der Waals surface area contributed by atoms with Crippen molar-refractivity contribution in [2.75, 3.05) is 0 Å². The lowest BCUT2D eigenvalue weighted by Crippen LogP contribution is -2.44. The fraction of sp³-hybridized carbons (Fsp3) is 0. The van der Waals surface area contributed by atoms with Crippen LogP contribution in [0, 0.1) is 0 Å². The maximum atomic E-state index is 11.4. The predicted octanol–water partition coefficient (Wildman–Crippen LogP) is 0.322. The molecule has 0 aliphatic rings. The summed E-state index contributed by atoms with van der Waals surface area (Å²) in [6.07, 6.45) is 1.51. The highest BCUT2D eigenvalue weighted by molar-refractivity contribution is 9.10. The van der Waals surface area contributed by atoms with Gasteiger partial charge in [-0.2, -0.15) is 0 Å². The van der Waals surface area contributed by atoms with Gasteiger partial charge in [0.1, 0.15) is 5.69 Å². The van der Waals surface area contributed by atoms with E-state index >= 15 is 0 Å². The molecule has 0 saturated heterocycles. The highest BCUT2D eigenvalue weighted by Crippen LogP contribution is 2.12. The van der Waals surface area contributed by atoms with E-state index in [2.05, 4.69) is 44.0 Å². The molecule has 0 aliphatic heterocycles. The first-order valence-electron chi connectivity index (χ1n) is 3.57. The van der Waals surface area contributed by atoms with Gasteiger partial charge >= 0.3 is 0 Å². The van der Waals surface area contributed by atoms with E-state index in [0.717, 1.165) is 0 Å². The average molecular weight is 275 g/mol. The number of halogens is 1. The Bertz CT molecular complexity index is 370. The number of hydrogen-bond donors (Lipinski definition) is 3. The van der Waals surface area contributed by atoms with Crippen molar-refractivity contribution in [1.82, 2.24) is 15.8 Å². The molecule has 0 atom stereocenters. The molecule has 0 unspecified atom stereocenters. The summed E-state index contributed by atoms with van der Waals surface area (Å²) in [4.78, 5) is 15.3. The lowest BCUT2D eigenvalue weighted by atomic mass is 10.3. The molecule has 0 spiro atoms. The summed E-state index contributed by atoms with van der Waals surface area (Å²) < 4.78 is 0.599. The van der Waals surface area contributed by atoms with Crippen LogP contribution in [0.4, 0.5) is 0 Å². The number of thiocarbonyl (C=S) groups is 1. The van der Waals surface area contributed by atoms with Gasteiger partial charge in [0.2, 0.25) is 0 Å². The van der Waals surface area contributed by atoms with Gasteiger partial charge in [-0.3, -0.25) is 15.6 Å². The maximum absolute atomic E-state index is 11.4. The van der Waals surface area contributed by atoms with Gasteiger partial charge in [-0.1, -0.05) is 0 Å². The van der Waals surface area contributed by atoms with Crippen LogP contribution in [0.5, 0.6) is 0 Å². The van der Waals surface area contributed by atoms with Crippen molar-refractivity contribution >= 4 is 39.2 Å². The topological polar surface area (TPSA) is 80.0 Å². The van der Waals surface area contributed by atoms with Gasteiger partial charge in [-0.15, -0.1) is 0 Å². The van der Waals surface area contributed by atoms with Gasteiger partial charge in [-0.25, -0.2) is 4.98 Å². The number of rotatable bonds is 1. The number of aromatic nitrogens is 1. The number of nitrogens with two attached hydrogens (primary N) is 1. The molecule has 0 aliphatic carbocycles. The number of amides is 1. The molecule has 0 saturated carbocycles. The molecule has 1 rings (SSSR count). The zero-order chi connectivity index (χ0) is 10.6. The molecule has 1 aromatic rings. The molecular weight excluding hydrogens is 268 g/mol. The fourth-order valence-corrected chi connectivity index (χ4v) is 1.22. The Kier molecular flexibility index (Phi) is 3.78. The Morgan fingerprint density at radius 1 is 1.57 bits per heavy atom. The van der Waals surface area contributed by atoms with Gasteiger partial charge < -0.3 is 5.73 Å². The number of pyridine rings is 1. The van der Waals surface area contributed by atoms with Crippen molar-refractivity contribution in [3.63, 3.8) is 0 Å². The third-order valence-corrected chi connectivity index (χ3v) is 2.01. The van der Waals surface area contributed by atoms with Crippen LogP contribution in [0.1, 0.15) is 10.5 Å². The van der Waals surface area contributed by atoms with E-state index in [1.54, 1.807) is 12.1 Å². The highest BCUT2D eigenvalue weighted by Gasteiger charge is 2.09. The van der Waals surface area contributed by atoms with Gasteiger partial charge in [0.15, 0.2) is 5.11 Å². The summed E-state index contributed by atoms with van der Waals surface area (Å²) >= 11 is 7.71. The van der Waals surface area contributed by atoms with E-state index in [0.29, 0.717) is 4.47 Å². The van der Waals surface area contributed by atoms with Crippen molar-refractivity contribution in [2.45, 2.75) is 0 Å². The smallest absolute Gasteiger partial charge is 0.289 e. The molecule has 5 nitrogen and oxygen atoms in total. The van der Waals surface area contributed by atoms with E-state index in [9.17, 15) is 4.79 Å². The number of carbonyl (C=O) groups excluding carboxylic acids is 1. The molecule has 1 heterocycles. The Balaban J connectivity index is 2.70. The first-order chi connectivity index (χ1) is 6.61. The second-order valence-electron chi connectivity index (χ2n) is 2.28. The molecule has 0 aromatic carbocycles. The molecule has 1 amide bonds. The van der Waals surface area contributed by atoms with E-state index in [1.807, 2.05) is 0 Å². The Labute approximate surface area is 94.2 Å². The second kappa shape index (κ2) is 4.87. The molecule has 7 heteroatoms. The van der Waals surface area contributed by atoms with Crippen LogP contribution in [0.2, 0.25) is 0 Å². The minimum atomic E-state index is -0.412. The van der Waals surface area contributed by atoms with Crippen molar-refractivity contribution in [3.05, 3.63) is 28.5 Å². The van der Waals surface area contributed by atoms with Gasteiger partial charge in [0.25, 0.3) is 5.91 Å². The Morgan fingerprint density at radius 2 is 2.29 bits per heavy atom. The zero-order valence-electron chi connectivity index (χ0n) is 6.95. The Morgan fingerprint density at radius 3 is 2.86 bits per heavy atom. The lowest BCUT2D eigenvalue weighted by Gasteiger charge is -2.06. The van der Waals surface area contributed by atoms with Crippen LogP contribution in [-0.4, -0.2) is 16.0 Å². The van der Waals surface area contributed by atoms with E-state index in [4.69, 9.17) is 5.73 Å². The number of nitrogens with zero attached hydrogens (tertiary/aromatic N) is 1. The van der Waals surface area contributed by atoms with Crippen LogP contribution in [0.25, 0.3) is 0 Å². The quantitative estimate of drug-likeness (QED) is 0.508. The molecular formula is C7H7BrN4OS. The van der Waals surface area contributed by atoms with E-state index < -0.39 is 5.91 Å². The van der Waals surface area contributed by atoms with Crippen molar-refractivity contribution in [2.24, 2.45) is 5.73 Å². The zero-order valence-corrected chi connectivity index (χ0v) is 9.35. The number of nitrogens with one attached hydrogen (secondary N) is 2. The summed E-state index contributed by atoms with van der Waals surface area (Å²) in [5.41, 5.74) is 10.0. The third-order valence-electron chi connectivity index (χ3n) is 1.27. The second-order valence-corrected chi connectivity index (χ2v) is 3.57. The van der Waals surface area contributed by atoms with E-state index in [-0.39, 0.29) is 10.8 Å². The molecule has 4 N–H and O–H groups in total. The average Bonchev–Trinajstić information content (AvgIpc) is 2.15. The highest BCUT2D eigenvalue weighted by atomic mass is 79.9. The first kappa shape index (κ1) is 10.9. The maximum Gasteiger partial charge on any atom is 0.289 e. The molecule has 0 bridgehead atoms.